The Morgan fingerprint density at radius 3 is 2.68 bits per heavy atom. The minimum Gasteiger partial charge on any atom is -0.481 e. The van der Waals surface area contributed by atoms with Gasteiger partial charge < -0.3 is 10.2 Å². The van der Waals surface area contributed by atoms with E-state index in [0.29, 0.717) is 6.42 Å². The van der Waals surface area contributed by atoms with Crippen molar-refractivity contribution >= 4 is 5.97 Å². The van der Waals surface area contributed by atoms with Gasteiger partial charge in [0.05, 0.1) is 6.61 Å². The summed E-state index contributed by atoms with van der Waals surface area (Å²) >= 11 is 0. The Bertz CT molecular complexity index is 472. The van der Waals surface area contributed by atoms with Gasteiger partial charge in [-0.05, 0) is 18.1 Å². The Hall–Kier alpha value is -1.85. The molecular formula is C14H17NO4. The van der Waals surface area contributed by atoms with E-state index in [1.54, 1.807) is 6.08 Å². The predicted octanol–water partition coefficient (Wildman–Crippen LogP) is 1.24. The fourth-order valence-electron chi connectivity index (χ4n) is 2.05. The first kappa shape index (κ1) is 13.6. The van der Waals surface area contributed by atoms with Crippen LogP contribution in [-0.4, -0.2) is 28.4 Å². The summed E-state index contributed by atoms with van der Waals surface area (Å²) in [5, 5.41) is 18.1. The lowest BCUT2D eigenvalue weighted by Crippen LogP contribution is -2.34. The molecule has 1 aromatic carbocycles. The van der Waals surface area contributed by atoms with Crippen LogP contribution in [0.1, 0.15) is 18.4 Å². The van der Waals surface area contributed by atoms with Crippen molar-refractivity contribution in [3.05, 3.63) is 47.7 Å². The van der Waals surface area contributed by atoms with Crippen LogP contribution in [0.15, 0.2) is 42.1 Å². The van der Waals surface area contributed by atoms with E-state index in [1.807, 2.05) is 30.3 Å². The molecule has 1 atom stereocenters. The Kier molecular flexibility index (Phi) is 4.19. The largest absolute Gasteiger partial charge is 0.481 e. The number of aliphatic carboxylic acids is 1. The second-order valence-electron chi connectivity index (χ2n) is 4.65. The van der Waals surface area contributed by atoms with Crippen LogP contribution in [0, 0.1) is 0 Å². The third-order valence-electron chi connectivity index (χ3n) is 3.09. The molecule has 1 aliphatic heterocycles. The van der Waals surface area contributed by atoms with Crippen LogP contribution in [0.5, 0.6) is 0 Å². The number of benzene rings is 1. The molecule has 1 aliphatic rings. The van der Waals surface area contributed by atoms with Crippen LogP contribution in [0.3, 0.4) is 0 Å². The van der Waals surface area contributed by atoms with E-state index in [2.05, 4.69) is 5.48 Å². The molecule has 3 N–H and O–H groups in total. The lowest BCUT2D eigenvalue weighted by atomic mass is 9.97. The summed E-state index contributed by atoms with van der Waals surface area (Å²) < 4.78 is 0. The monoisotopic (exact) mass is 263 g/mol. The molecule has 0 aromatic heterocycles. The van der Waals surface area contributed by atoms with Crippen molar-refractivity contribution < 1.29 is 19.8 Å². The van der Waals surface area contributed by atoms with Gasteiger partial charge in [-0.3, -0.25) is 15.1 Å². The number of rotatable bonds is 6. The molecule has 2 rings (SSSR count). The quantitative estimate of drug-likeness (QED) is 0.719. The first-order valence-corrected chi connectivity index (χ1v) is 6.16. The molecule has 0 saturated heterocycles. The number of allylic oxidation sites excluding steroid dienone is 1. The van der Waals surface area contributed by atoms with Gasteiger partial charge in [0.15, 0.2) is 0 Å². The summed E-state index contributed by atoms with van der Waals surface area (Å²) in [6.07, 6.45) is 2.64. The van der Waals surface area contributed by atoms with Gasteiger partial charge in [0.25, 0.3) is 0 Å². The highest BCUT2D eigenvalue weighted by atomic mass is 16.7. The van der Waals surface area contributed by atoms with Crippen molar-refractivity contribution in [3.8, 4) is 0 Å². The number of nitrogens with one attached hydrogen (secondary N) is 1. The van der Waals surface area contributed by atoms with E-state index in [-0.39, 0.29) is 19.4 Å². The average Bonchev–Trinajstić information content (AvgIpc) is 2.82. The molecule has 5 heteroatoms. The van der Waals surface area contributed by atoms with Crippen molar-refractivity contribution in [3.63, 3.8) is 0 Å². The smallest absolute Gasteiger partial charge is 0.303 e. The normalized spacial score (nSPS) is 21.8. The first-order chi connectivity index (χ1) is 9.13. The maximum Gasteiger partial charge on any atom is 0.303 e. The van der Waals surface area contributed by atoms with Gasteiger partial charge in [0.1, 0.15) is 5.60 Å². The summed E-state index contributed by atoms with van der Waals surface area (Å²) in [5.41, 5.74) is 3.81. The van der Waals surface area contributed by atoms with E-state index >= 15 is 0 Å². The Morgan fingerprint density at radius 1 is 1.32 bits per heavy atom. The highest BCUT2D eigenvalue weighted by Crippen LogP contribution is 2.26. The molecule has 0 amide bonds. The van der Waals surface area contributed by atoms with Gasteiger partial charge in [-0.2, -0.15) is 0 Å². The minimum absolute atomic E-state index is 0.0443. The average molecular weight is 263 g/mol. The number of carboxylic acid groups (broad SMARTS) is 1. The first-order valence-electron chi connectivity index (χ1n) is 6.16. The fraction of sp³-hybridized carbons (Fsp3) is 0.357. The van der Waals surface area contributed by atoms with Gasteiger partial charge in [-0.15, -0.1) is 0 Å². The van der Waals surface area contributed by atoms with Crippen LogP contribution in [0.2, 0.25) is 0 Å². The maximum absolute atomic E-state index is 10.6. The molecule has 0 bridgehead atoms. The van der Waals surface area contributed by atoms with E-state index in [4.69, 9.17) is 9.94 Å². The summed E-state index contributed by atoms with van der Waals surface area (Å²) in [5.74, 6) is -0.902. The number of hydroxylamine groups is 1. The number of hydrogen-bond donors (Lipinski definition) is 3. The number of carbonyl (C=O) groups is 1. The number of carboxylic acids is 1. The second kappa shape index (κ2) is 5.86. The highest BCUT2D eigenvalue weighted by Gasteiger charge is 2.34. The zero-order valence-electron chi connectivity index (χ0n) is 10.5. The molecule has 0 radical (unpaired) electrons. The number of aliphatic hydroxyl groups is 1. The van der Waals surface area contributed by atoms with Gasteiger partial charge in [0.2, 0.25) is 0 Å². The Balaban J connectivity index is 2.03. The minimum atomic E-state index is -0.928. The topological polar surface area (TPSA) is 78.8 Å². The second-order valence-corrected chi connectivity index (χ2v) is 4.65. The van der Waals surface area contributed by atoms with Gasteiger partial charge >= 0.3 is 5.97 Å². The van der Waals surface area contributed by atoms with Crippen LogP contribution in [0.4, 0.5) is 0 Å². The van der Waals surface area contributed by atoms with E-state index in [9.17, 15) is 9.90 Å². The summed E-state index contributed by atoms with van der Waals surface area (Å²) in [7, 11) is 0. The molecule has 1 heterocycles. The molecule has 0 fully saturated rings. The fourth-order valence-corrected chi connectivity index (χ4v) is 2.05. The Labute approximate surface area is 111 Å². The van der Waals surface area contributed by atoms with Crippen LogP contribution < -0.4 is 5.48 Å². The van der Waals surface area contributed by atoms with Crippen molar-refractivity contribution in [1.29, 1.82) is 0 Å². The van der Waals surface area contributed by atoms with Crippen molar-refractivity contribution in [1.82, 2.24) is 5.48 Å². The molecule has 1 unspecified atom stereocenters. The van der Waals surface area contributed by atoms with Gasteiger partial charge in [-0.25, -0.2) is 0 Å². The zero-order valence-corrected chi connectivity index (χ0v) is 10.5. The summed E-state index contributed by atoms with van der Waals surface area (Å²) in [6.45, 7) is -0.244. The zero-order chi connectivity index (χ0) is 13.7. The van der Waals surface area contributed by atoms with Crippen LogP contribution in [0.25, 0.3) is 0 Å². The third kappa shape index (κ3) is 3.56. The lowest BCUT2D eigenvalue weighted by Gasteiger charge is -2.21. The molecule has 0 aliphatic carbocycles. The van der Waals surface area contributed by atoms with Gasteiger partial charge in [0, 0.05) is 18.5 Å². The van der Waals surface area contributed by atoms with E-state index < -0.39 is 11.6 Å². The molecule has 1 aromatic rings. The SMILES string of the molecule is O=C(O)CCC1(CO)C=C(Cc2ccccc2)NO1. The Morgan fingerprint density at radius 2 is 2.05 bits per heavy atom. The molecule has 19 heavy (non-hydrogen) atoms. The lowest BCUT2D eigenvalue weighted by molar-refractivity contribution is -0.139. The van der Waals surface area contributed by atoms with Crippen molar-refractivity contribution in [2.75, 3.05) is 6.61 Å². The summed E-state index contributed by atoms with van der Waals surface area (Å²) in [6, 6.07) is 9.85. The number of hydrogen-bond acceptors (Lipinski definition) is 4. The molecule has 5 nitrogen and oxygen atoms in total. The number of aliphatic hydroxyl groups excluding tert-OH is 1. The van der Waals surface area contributed by atoms with E-state index in [0.717, 1.165) is 11.3 Å². The van der Waals surface area contributed by atoms with Gasteiger partial charge in [-0.1, -0.05) is 30.3 Å². The molecular weight excluding hydrogens is 246 g/mol. The summed E-state index contributed by atoms with van der Waals surface area (Å²) in [4.78, 5) is 16.0. The van der Waals surface area contributed by atoms with E-state index in [1.165, 1.54) is 0 Å². The standard InChI is InChI=1S/C14H17NO4/c16-10-14(7-6-13(17)18)9-12(15-19-14)8-11-4-2-1-3-5-11/h1-5,9,15-16H,6-8,10H2,(H,17,18). The molecule has 102 valence electrons. The van der Waals surface area contributed by atoms with Crippen LogP contribution >= 0.6 is 0 Å². The van der Waals surface area contributed by atoms with Crippen molar-refractivity contribution in [2.45, 2.75) is 24.9 Å². The third-order valence-corrected chi connectivity index (χ3v) is 3.09. The van der Waals surface area contributed by atoms with Crippen LogP contribution in [-0.2, 0) is 16.1 Å². The maximum atomic E-state index is 10.6. The molecule has 0 saturated carbocycles. The molecule has 0 spiro atoms. The highest BCUT2D eigenvalue weighted by molar-refractivity contribution is 5.66. The van der Waals surface area contributed by atoms with Crippen molar-refractivity contribution in [2.24, 2.45) is 0 Å². The predicted molar refractivity (Wildman–Crippen MR) is 69.1 cm³/mol.